The Morgan fingerprint density at radius 3 is 2.21 bits per heavy atom. The van der Waals surface area contributed by atoms with Crippen molar-refractivity contribution in [3.05, 3.63) is 29.2 Å². The molecule has 1 aromatic heterocycles. The summed E-state index contributed by atoms with van der Waals surface area (Å²) in [4.78, 5) is 36.7. The molecule has 2 aliphatic rings. The molecule has 19 heavy (non-hydrogen) atoms. The SMILES string of the molecule is O=C(O)c1ccc(N2C(=O)C3CC=CCC3C2=O)s1. The van der Waals surface area contributed by atoms with Crippen LogP contribution in [0.2, 0.25) is 0 Å². The van der Waals surface area contributed by atoms with Gasteiger partial charge in [0, 0.05) is 0 Å². The van der Waals surface area contributed by atoms with Crippen LogP contribution in [0, 0.1) is 11.8 Å². The molecule has 0 spiro atoms. The van der Waals surface area contributed by atoms with Gasteiger partial charge >= 0.3 is 5.97 Å². The summed E-state index contributed by atoms with van der Waals surface area (Å²) in [5, 5.41) is 9.30. The Balaban J connectivity index is 1.94. The summed E-state index contributed by atoms with van der Waals surface area (Å²) in [6, 6.07) is 2.94. The normalized spacial score (nSPS) is 25.8. The van der Waals surface area contributed by atoms with Crippen LogP contribution in [0.4, 0.5) is 5.00 Å². The zero-order valence-electron chi connectivity index (χ0n) is 9.91. The number of amides is 2. The first-order chi connectivity index (χ1) is 9.09. The summed E-state index contributed by atoms with van der Waals surface area (Å²) in [5.41, 5.74) is 0. The monoisotopic (exact) mass is 277 g/mol. The van der Waals surface area contributed by atoms with Crippen molar-refractivity contribution in [2.75, 3.05) is 4.90 Å². The van der Waals surface area contributed by atoms with Gasteiger partial charge in [-0.1, -0.05) is 12.2 Å². The number of rotatable bonds is 2. The van der Waals surface area contributed by atoms with Crippen LogP contribution in [0.15, 0.2) is 24.3 Å². The molecule has 3 rings (SSSR count). The van der Waals surface area contributed by atoms with Crippen molar-refractivity contribution in [1.29, 1.82) is 0 Å². The van der Waals surface area contributed by atoms with Gasteiger partial charge in [-0.25, -0.2) is 9.69 Å². The standard InChI is InChI=1S/C13H11NO4S/c15-11-7-3-1-2-4-8(7)12(16)14(11)10-6-5-9(19-10)13(17)18/h1-2,5-8H,3-4H2,(H,17,18). The van der Waals surface area contributed by atoms with E-state index in [1.807, 2.05) is 12.2 Å². The van der Waals surface area contributed by atoms with E-state index >= 15 is 0 Å². The van der Waals surface area contributed by atoms with E-state index in [0.717, 1.165) is 16.2 Å². The lowest BCUT2D eigenvalue weighted by atomic mass is 9.85. The Morgan fingerprint density at radius 1 is 1.16 bits per heavy atom. The van der Waals surface area contributed by atoms with E-state index in [9.17, 15) is 14.4 Å². The molecule has 98 valence electrons. The van der Waals surface area contributed by atoms with E-state index in [-0.39, 0.29) is 28.5 Å². The number of thiophene rings is 1. The Morgan fingerprint density at radius 2 is 1.74 bits per heavy atom. The molecular weight excluding hydrogens is 266 g/mol. The van der Waals surface area contributed by atoms with Gasteiger partial charge in [-0.3, -0.25) is 9.59 Å². The van der Waals surface area contributed by atoms with Crippen molar-refractivity contribution in [3.8, 4) is 0 Å². The third kappa shape index (κ3) is 1.79. The quantitative estimate of drug-likeness (QED) is 0.662. The maximum absolute atomic E-state index is 12.3. The molecule has 0 bridgehead atoms. The first kappa shape index (κ1) is 12.1. The summed E-state index contributed by atoms with van der Waals surface area (Å²) >= 11 is 0.956. The minimum atomic E-state index is -1.05. The molecule has 1 aliphatic heterocycles. The fourth-order valence-electron chi connectivity index (χ4n) is 2.58. The summed E-state index contributed by atoms with van der Waals surface area (Å²) in [6.07, 6.45) is 5.02. The van der Waals surface area contributed by atoms with Crippen molar-refractivity contribution in [1.82, 2.24) is 0 Å². The lowest BCUT2D eigenvalue weighted by Gasteiger charge is -2.14. The van der Waals surface area contributed by atoms with Crippen LogP contribution < -0.4 is 4.90 Å². The molecule has 1 fully saturated rings. The first-order valence-electron chi connectivity index (χ1n) is 5.95. The number of carboxylic acids is 1. The fraction of sp³-hybridized carbons (Fsp3) is 0.308. The summed E-state index contributed by atoms with van der Waals surface area (Å²) in [5.74, 6) is -2.04. The average molecular weight is 277 g/mol. The number of anilines is 1. The third-order valence-corrected chi connectivity index (χ3v) is 4.59. The molecule has 1 aromatic rings. The third-order valence-electron chi connectivity index (χ3n) is 3.53. The van der Waals surface area contributed by atoms with E-state index in [4.69, 9.17) is 5.11 Å². The Hall–Kier alpha value is -1.95. The van der Waals surface area contributed by atoms with Gasteiger partial charge in [0.2, 0.25) is 11.8 Å². The molecule has 6 heteroatoms. The maximum atomic E-state index is 12.3. The van der Waals surface area contributed by atoms with E-state index in [0.29, 0.717) is 17.8 Å². The predicted octanol–water partition coefficient (Wildman–Crippen LogP) is 1.90. The number of imide groups is 1. The second-order valence-corrected chi connectivity index (χ2v) is 5.67. The number of carbonyl (C=O) groups is 3. The highest BCUT2D eigenvalue weighted by atomic mass is 32.1. The number of carbonyl (C=O) groups excluding carboxylic acids is 2. The first-order valence-corrected chi connectivity index (χ1v) is 6.77. The van der Waals surface area contributed by atoms with Crippen LogP contribution >= 0.6 is 11.3 Å². The van der Waals surface area contributed by atoms with E-state index < -0.39 is 5.97 Å². The minimum Gasteiger partial charge on any atom is -0.477 e. The highest BCUT2D eigenvalue weighted by molar-refractivity contribution is 7.18. The van der Waals surface area contributed by atoms with Gasteiger partial charge in [-0.15, -0.1) is 11.3 Å². The van der Waals surface area contributed by atoms with Crippen molar-refractivity contribution >= 4 is 34.1 Å². The molecule has 1 N–H and O–H groups in total. The van der Waals surface area contributed by atoms with Crippen molar-refractivity contribution in [3.63, 3.8) is 0 Å². The Labute approximate surface area is 113 Å². The van der Waals surface area contributed by atoms with Crippen LogP contribution in [-0.4, -0.2) is 22.9 Å². The van der Waals surface area contributed by atoms with Crippen molar-refractivity contribution < 1.29 is 19.5 Å². The van der Waals surface area contributed by atoms with Crippen LogP contribution in [0.1, 0.15) is 22.5 Å². The van der Waals surface area contributed by atoms with Gasteiger partial charge in [0.15, 0.2) is 0 Å². The topological polar surface area (TPSA) is 74.7 Å². The van der Waals surface area contributed by atoms with E-state index in [1.165, 1.54) is 12.1 Å². The van der Waals surface area contributed by atoms with Crippen LogP contribution in [-0.2, 0) is 9.59 Å². The molecule has 2 unspecified atom stereocenters. The lowest BCUT2D eigenvalue weighted by molar-refractivity contribution is -0.122. The lowest BCUT2D eigenvalue weighted by Crippen LogP contribution is -2.30. The average Bonchev–Trinajstić information content (AvgIpc) is 2.96. The minimum absolute atomic E-state index is 0.128. The molecule has 5 nitrogen and oxygen atoms in total. The molecular formula is C13H11NO4S. The van der Waals surface area contributed by atoms with Crippen LogP contribution in [0.3, 0.4) is 0 Å². The highest BCUT2D eigenvalue weighted by Gasteiger charge is 2.48. The second kappa shape index (κ2) is 4.31. The molecule has 2 heterocycles. The summed E-state index contributed by atoms with van der Waals surface area (Å²) < 4.78 is 0. The number of hydrogen-bond donors (Lipinski definition) is 1. The molecule has 0 saturated carbocycles. The largest absolute Gasteiger partial charge is 0.477 e. The summed E-state index contributed by atoms with van der Waals surface area (Å²) in [7, 11) is 0. The van der Waals surface area contributed by atoms with Crippen LogP contribution in [0.5, 0.6) is 0 Å². The maximum Gasteiger partial charge on any atom is 0.345 e. The number of aromatic carboxylic acids is 1. The van der Waals surface area contributed by atoms with Gasteiger partial charge in [0.1, 0.15) is 9.88 Å². The van der Waals surface area contributed by atoms with Crippen molar-refractivity contribution in [2.24, 2.45) is 11.8 Å². The molecule has 0 aromatic carbocycles. The molecule has 0 radical (unpaired) electrons. The summed E-state index contributed by atoms with van der Waals surface area (Å²) in [6.45, 7) is 0. The predicted molar refractivity (Wildman–Crippen MR) is 69.1 cm³/mol. The van der Waals surface area contributed by atoms with Gasteiger partial charge < -0.3 is 5.11 Å². The number of allylic oxidation sites excluding steroid dienone is 2. The number of nitrogens with zero attached hydrogens (tertiary/aromatic N) is 1. The number of hydrogen-bond acceptors (Lipinski definition) is 4. The Bertz CT molecular complexity index is 578. The number of carboxylic acid groups (broad SMARTS) is 1. The Kier molecular flexibility index (Phi) is 2.74. The second-order valence-electron chi connectivity index (χ2n) is 4.61. The van der Waals surface area contributed by atoms with Gasteiger partial charge in [-0.2, -0.15) is 0 Å². The van der Waals surface area contributed by atoms with Gasteiger partial charge in [0.25, 0.3) is 0 Å². The van der Waals surface area contributed by atoms with Gasteiger partial charge in [0.05, 0.1) is 11.8 Å². The van der Waals surface area contributed by atoms with E-state index in [2.05, 4.69) is 0 Å². The van der Waals surface area contributed by atoms with Crippen molar-refractivity contribution in [2.45, 2.75) is 12.8 Å². The zero-order chi connectivity index (χ0) is 13.6. The smallest absolute Gasteiger partial charge is 0.345 e. The molecule has 1 aliphatic carbocycles. The zero-order valence-corrected chi connectivity index (χ0v) is 10.7. The van der Waals surface area contributed by atoms with E-state index in [1.54, 1.807) is 0 Å². The molecule has 2 amide bonds. The number of fused-ring (bicyclic) bond motifs is 1. The molecule has 1 saturated heterocycles. The fourth-order valence-corrected chi connectivity index (χ4v) is 3.44. The molecule has 2 atom stereocenters. The van der Waals surface area contributed by atoms with Gasteiger partial charge in [-0.05, 0) is 25.0 Å². The van der Waals surface area contributed by atoms with Crippen LogP contribution in [0.25, 0.3) is 0 Å². The highest BCUT2D eigenvalue weighted by Crippen LogP contribution is 2.39.